The van der Waals surface area contributed by atoms with E-state index in [1.165, 1.54) is 6.92 Å². The fourth-order valence-corrected chi connectivity index (χ4v) is 4.34. The van der Waals surface area contributed by atoms with Crippen LogP contribution in [-0.2, 0) is 23.1 Å². The summed E-state index contributed by atoms with van der Waals surface area (Å²) in [6.45, 7) is 1.34. The Morgan fingerprint density at radius 2 is 2.04 bits per heavy atom. The van der Waals surface area contributed by atoms with E-state index in [2.05, 4.69) is 0 Å². The van der Waals surface area contributed by atoms with Crippen molar-refractivity contribution in [2.75, 3.05) is 0 Å². The largest absolute Gasteiger partial charge is 0.478 e. The van der Waals surface area contributed by atoms with Gasteiger partial charge < -0.3 is 5.11 Å². The van der Waals surface area contributed by atoms with Crippen LogP contribution in [0.25, 0.3) is 0 Å². The van der Waals surface area contributed by atoms with Gasteiger partial charge in [-0.05, 0) is 41.8 Å². The smallest absolute Gasteiger partial charge is 0.335 e. The van der Waals surface area contributed by atoms with Gasteiger partial charge >= 0.3 is 5.97 Å². The molecule has 25 heavy (non-hydrogen) atoms. The van der Waals surface area contributed by atoms with Gasteiger partial charge in [0, 0.05) is 13.1 Å². The van der Waals surface area contributed by atoms with E-state index in [4.69, 9.17) is 10.4 Å². The molecule has 128 valence electrons. The highest BCUT2D eigenvalue weighted by molar-refractivity contribution is 7.89. The van der Waals surface area contributed by atoms with Crippen LogP contribution in [-0.4, -0.2) is 23.8 Å². The predicted octanol–water partition coefficient (Wildman–Crippen LogP) is 2.41. The summed E-state index contributed by atoms with van der Waals surface area (Å²) in [4.78, 5) is 10.5. The highest BCUT2D eigenvalue weighted by Crippen LogP contribution is 2.32. The van der Waals surface area contributed by atoms with Crippen LogP contribution >= 0.6 is 0 Å². The first-order chi connectivity index (χ1) is 11.8. The van der Waals surface area contributed by atoms with Crippen LogP contribution in [0.4, 0.5) is 4.39 Å². The predicted molar refractivity (Wildman–Crippen MR) is 85.7 cm³/mol. The Balaban J connectivity index is 2.07. The molecular formula is C17H13FN2O4S. The third kappa shape index (κ3) is 2.77. The van der Waals surface area contributed by atoms with Crippen LogP contribution in [0.2, 0.25) is 0 Å². The lowest BCUT2D eigenvalue weighted by Crippen LogP contribution is -2.27. The van der Waals surface area contributed by atoms with Gasteiger partial charge in [-0.1, -0.05) is 12.1 Å². The van der Waals surface area contributed by atoms with Crippen LogP contribution in [0.3, 0.4) is 0 Å². The van der Waals surface area contributed by atoms with E-state index in [1.807, 2.05) is 6.07 Å². The number of carboxylic acids is 1. The fraction of sp³-hybridized carbons (Fsp3) is 0.176. The molecule has 0 fully saturated rings. The second-order valence-electron chi connectivity index (χ2n) is 5.73. The van der Waals surface area contributed by atoms with Crippen LogP contribution in [0, 0.1) is 24.1 Å². The number of nitriles is 1. The quantitative estimate of drug-likeness (QED) is 0.906. The molecule has 0 aliphatic carbocycles. The Bertz CT molecular complexity index is 1040. The van der Waals surface area contributed by atoms with E-state index in [1.54, 1.807) is 18.2 Å². The highest BCUT2D eigenvalue weighted by atomic mass is 32.2. The molecule has 0 radical (unpaired) electrons. The number of aromatic carboxylic acids is 1. The summed E-state index contributed by atoms with van der Waals surface area (Å²) in [5.41, 5.74) is 1.49. The minimum atomic E-state index is -4.25. The Morgan fingerprint density at radius 3 is 2.68 bits per heavy atom. The molecule has 1 aliphatic heterocycles. The van der Waals surface area contributed by atoms with E-state index in [0.717, 1.165) is 16.4 Å². The van der Waals surface area contributed by atoms with Crippen LogP contribution in [0.5, 0.6) is 0 Å². The molecule has 1 N–H and O–H groups in total. The summed E-state index contributed by atoms with van der Waals surface area (Å²) in [7, 11) is -4.25. The third-order valence-corrected chi connectivity index (χ3v) is 6.01. The Hall–Kier alpha value is -2.76. The summed E-state index contributed by atoms with van der Waals surface area (Å²) in [5, 5.41) is 18.3. The number of halogens is 1. The molecule has 0 spiro atoms. The number of nitrogens with zero attached hydrogens (tertiary/aromatic N) is 2. The van der Waals surface area contributed by atoms with Crippen molar-refractivity contribution in [3.05, 3.63) is 64.0 Å². The van der Waals surface area contributed by atoms with Crippen LogP contribution < -0.4 is 0 Å². The minimum absolute atomic E-state index is 0.00288. The number of rotatable bonds is 3. The molecule has 8 heteroatoms. The Labute approximate surface area is 143 Å². The second-order valence-corrected chi connectivity index (χ2v) is 7.64. The van der Waals surface area contributed by atoms with Crippen molar-refractivity contribution in [1.82, 2.24) is 4.31 Å². The number of hydrogen-bond acceptors (Lipinski definition) is 4. The summed E-state index contributed by atoms with van der Waals surface area (Å²) < 4.78 is 40.9. The van der Waals surface area contributed by atoms with Crippen LogP contribution in [0.15, 0.2) is 35.2 Å². The molecule has 0 atom stereocenters. The lowest BCUT2D eigenvalue weighted by Gasteiger charge is -2.17. The number of benzene rings is 2. The van der Waals surface area contributed by atoms with E-state index in [9.17, 15) is 17.6 Å². The van der Waals surface area contributed by atoms with Gasteiger partial charge in [0.1, 0.15) is 10.7 Å². The molecule has 0 amide bonds. The van der Waals surface area contributed by atoms with Crippen molar-refractivity contribution in [2.24, 2.45) is 0 Å². The minimum Gasteiger partial charge on any atom is -0.478 e. The zero-order valence-corrected chi connectivity index (χ0v) is 14.0. The maximum Gasteiger partial charge on any atom is 0.335 e. The molecule has 6 nitrogen and oxygen atoms in total. The van der Waals surface area contributed by atoms with Crippen molar-refractivity contribution >= 4 is 16.0 Å². The van der Waals surface area contributed by atoms with Crippen molar-refractivity contribution in [1.29, 1.82) is 5.26 Å². The van der Waals surface area contributed by atoms with Crippen LogP contribution in [0.1, 0.15) is 32.6 Å². The van der Waals surface area contributed by atoms with E-state index < -0.39 is 26.7 Å². The first kappa shape index (κ1) is 17.1. The van der Waals surface area contributed by atoms with E-state index in [-0.39, 0.29) is 24.2 Å². The van der Waals surface area contributed by atoms with Crippen molar-refractivity contribution < 1.29 is 22.7 Å². The molecule has 0 unspecified atom stereocenters. The van der Waals surface area contributed by atoms with Gasteiger partial charge in [-0.3, -0.25) is 0 Å². The fourth-order valence-electron chi connectivity index (χ4n) is 2.89. The molecule has 0 bridgehead atoms. The average Bonchev–Trinajstić information content (AvgIpc) is 2.99. The average molecular weight is 360 g/mol. The summed E-state index contributed by atoms with van der Waals surface area (Å²) >= 11 is 0. The first-order valence-electron chi connectivity index (χ1n) is 7.30. The Morgan fingerprint density at radius 1 is 1.32 bits per heavy atom. The molecule has 0 aromatic heterocycles. The SMILES string of the molecule is Cc1cc(F)c(S(=O)(=O)N2Cc3cccc(C#N)c3C2)cc1C(=O)O. The summed E-state index contributed by atoms with van der Waals surface area (Å²) in [5.74, 6) is -2.33. The molecule has 2 aromatic rings. The van der Waals surface area contributed by atoms with Gasteiger partial charge in [0.2, 0.25) is 10.0 Å². The van der Waals surface area contributed by atoms with Gasteiger partial charge in [0.25, 0.3) is 0 Å². The maximum absolute atomic E-state index is 14.3. The van der Waals surface area contributed by atoms with Gasteiger partial charge in [0.05, 0.1) is 17.2 Å². The third-order valence-electron chi connectivity index (χ3n) is 4.20. The molecule has 2 aromatic carbocycles. The van der Waals surface area contributed by atoms with Crippen molar-refractivity contribution in [2.45, 2.75) is 24.9 Å². The van der Waals surface area contributed by atoms with E-state index in [0.29, 0.717) is 16.7 Å². The van der Waals surface area contributed by atoms with Gasteiger partial charge in [-0.25, -0.2) is 17.6 Å². The lowest BCUT2D eigenvalue weighted by atomic mass is 10.1. The maximum atomic E-state index is 14.3. The summed E-state index contributed by atoms with van der Waals surface area (Å²) in [6.07, 6.45) is 0. The normalized spacial score (nSPS) is 14.1. The first-order valence-corrected chi connectivity index (χ1v) is 8.74. The molecule has 3 rings (SSSR count). The number of hydrogen-bond donors (Lipinski definition) is 1. The molecule has 0 saturated heterocycles. The Kier molecular flexibility index (Phi) is 4.06. The standard InChI is InChI=1S/C17H13FN2O4S/c1-10-5-15(18)16(6-13(10)17(21)22)25(23,24)20-8-12-4-2-3-11(7-19)14(12)9-20/h2-6H,8-9H2,1H3,(H,21,22). The highest BCUT2D eigenvalue weighted by Gasteiger charge is 2.34. The van der Waals surface area contributed by atoms with Gasteiger partial charge in [-0.15, -0.1) is 0 Å². The monoisotopic (exact) mass is 360 g/mol. The number of carboxylic acid groups (broad SMARTS) is 1. The lowest BCUT2D eigenvalue weighted by molar-refractivity contribution is 0.0695. The molecule has 1 heterocycles. The zero-order chi connectivity index (χ0) is 18.4. The number of carbonyl (C=O) groups is 1. The van der Waals surface area contributed by atoms with E-state index >= 15 is 0 Å². The second kappa shape index (κ2) is 5.95. The van der Waals surface area contributed by atoms with Gasteiger partial charge in [0.15, 0.2) is 0 Å². The van der Waals surface area contributed by atoms with Gasteiger partial charge in [-0.2, -0.15) is 9.57 Å². The van der Waals surface area contributed by atoms with Crippen molar-refractivity contribution in [3.8, 4) is 6.07 Å². The topological polar surface area (TPSA) is 98.5 Å². The van der Waals surface area contributed by atoms with Crippen molar-refractivity contribution in [3.63, 3.8) is 0 Å². The number of fused-ring (bicyclic) bond motifs is 1. The molecular weight excluding hydrogens is 347 g/mol. The number of sulfonamides is 1. The molecule has 1 aliphatic rings. The number of aryl methyl sites for hydroxylation is 1. The summed E-state index contributed by atoms with van der Waals surface area (Å²) in [6, 6.07) is 8.71. The zero-order valence-electron chi connectivity index (χ0n) is 13.2. The molecule has 0 saturated carbocycles.